The predicted octanol–water partition coefficient (Wildman–Crippen LogP) is 4.26. The first kappa shape index (κ1) is 15.1. The fourth-order valence-electron chi connectivity index (χ4n) is 4.10. The van der Waals surface area contributed by atoms with Crippen LogP contribution in [0.1, 0.15) is 82.9 Å². The Balaban J connectivity index is 1.63. The van der Waals surface area contributed by atoms with Gasteiger partial charge in [-0.3, -0.25) is 4.68 Å². The first-order chi connectivity index (χ1) is 10.1. The van der Waals surface area contributed by atoms with Crippen LogP contribution in [-0.4, -0.2) is 20.5 Å². The number of aromatic nitrogens is 2. The van der Waals surface area contributed by atoms with Gasteiger partial charge in [0.2, 0.25) is 0 Å². The molecule has 2 unspecified atom stereocenters. The zero-order valence-corrected chi connectivity index (χ0v) is 13.4. The Kier molecular flexibility index (Phi) is 4.68. The van der Waals surface area contributed by atoms with Crippen molar-refractivity contribution in [1.82, 2.24) is 9.78 Å². The molecule has 0 bridgehead atoms. The Bertz CT molecular complexity index is 450. The van der Waals surface area contributed by atoms with Crippen LogP contribution in [0.15, 0.2) is 12.3 Å². The molecule has 2 fully saturated rings. The van der Waals surface area contributed by atoms with Gasteiger partial charge >= 0.3 is 0 Å². The first-order valence-corrected chi connectivity index (χ1v) is 8.91. The van der Waals surface area contributed by atoms with E-state index >= 15 is 0 Å². The average Bonchev–Trinajstić information content (AvgIpc) is 2.87. The molecule has 0 saturated heterocycles. The van der Waals surface area contributed by atoms with Gasteiger partial charge in [0.25, 0.3) is 0 Å². The van der Waals surface area contributed by atoms with Crippen LogP contribution in [0.5, 0.6) is 0 Å². The fourth-order valence-corrected chi connectivity index (χ4v) is 4.10. The smallest absolute Gasteiger partial charge is 0.0703 e. The molecule has 2 saturated carbocycles. The molecule has 3 rings (SSSR count). The third-order valence-corrected chi connectivity index (χ3v) is 5.56. The van der Waals surface area contributed by atoms with Crippen molar-refractivity contribution in [3.8, 4) is 0 Å². The van der Waals surface area contributed by atoms with E-state index in [4.69, 9.17) is 5.10 Å². The van der Waals surface area contributed by atoms with Gasteiger partial charge in [-0.2, -0.15) is 5.10 Å². The Morgan fingerprint density at radius 1 is 1.14 bits per heavy atom. The van der Waals surface area contributed by atoms with Crippen LogP contribution < -0.4 is 0 Å². The van der Waals surface area contributed by atoms with E-state index in [1.165, 1.54) is 38.5 Å². The second kappa shape index (κ2) is 6.51. The van der Waals surface area contributed by atoms with Gasteiger partial charge in [0.15, 0.2) is 0 Å². The molecule has 0 spiro atoms. The SMILES string of the molecule is CC1CCCC(O)(Cc2ccn(C3CCCCC3)n2)CC1. The molecule has 2 aliphatic rings. The molecule has 21 heavy (non-hydrogen) atoms. The Hall–Kier alpha value is -0.830. The van der Waals surface area contributed by atoms with Crippen molar-refractivity contribution >= 4 is 0 Å². The van der Waals surface area contributed by atoms with Gasteiger partial charge in [0.05, 0.1) is 17.3 Å². The monoisotopic (exact) mass is 290 g/mol. The van der Waals surface area contributed by atoms with Crippen molar-refractivity contribution in [2.45, 2.75) is 89.2 Å². The molecule has 1 heterocycles. The highest BCUT2D eigenvalue weighted by molar-refractivity contribution is 5.05. The molecule has 3 heteroatoms. The summed E-state index contributed by atoms with van der Waals surface area (Å²) in [6.07, 6.45) is 14.9. The molecule has 1 N–H and O–H groups in total. The van der Waals surface area contributed by atoms with Crippen LogP contribution in [-0.2, 0) is 6.42 Å². The normalized spacial score (nSPS) is 32.0. The van der Waals surface area contributed by atoms with Crippen LogP contribution in [0.4, 0.5) is 0 Å². The van der Waals surface area contributed by atoms with E-state index in [1.54, 1.807) is 0 Å². The summed E-state index contributed by atoms with van der Waals surface area (Å²) in [5.41, 5.74) is 0.564. The number of aliphatic hydroxyl groups is 1. The minimum Gasteiger partial charge on any atom is -0.389 e. The van der Waals surface area contributed by atoms with Crippen molar-refractivity contribution in [2.24, 2.45) is 5.92 Å². The second-order valence-corrected chi connectivity index (χ2v) is 7.52. The lowest BCUT2D eigenvalue weighted by Gasteiger charge is -2.26. The van der Waals surface area contributed by atoms with E-state index in [-0.39, 0.29) is 0 Å². The van der Waals surface area contributed by atoms with E-state index < -0.39 is 5.60 Å². The van der Waals surface area contributed by atoms with E-state index in [9.17, 15) is 5.11 Å². The molecule has 0 radical (unpaired) electrons. The minimum absolute atomic E-state index is 0.517. The molecular formula is C18H30N2O. The third-order valence-electron chi connectivity index (χ3n) is 5.56. The summed E-state index contributed by atoms with van der Waals surface area (Å²) >= 11 is 0. The van der Waals surface area contributed by atoms with Gasteiger partial charge in [-0.15, -0.1) is 0 Å². The van der Waals surface area contributed by atoms with Crippen LogP contribution in [0.25, 0.3) is 0 Å². The van der Waals surface area contributed by atoms with Crippen LogP contribution in [0, 0.1) is 5.92 Å². The van der Waals surface area contributed by atoms with Crippen LogP contribution >= 0.6 is 0 Å². The van der Waals surface area contributed by atoms with Gasteiger partial charge in [-0.1, -0.05) is 39.0 Å². The highest BCUT2D eigenvalue weighted by Gasteiger charge is 2.31. The van der Waals surface area contributed by atoms with Gasteiger partial charge in [-0.25, -0.2) is 0 Å². The highest BCUT2D eigenvalue weighted by atomic mass is 16.3. The molecule has 2 aliphatic carbocycles. The number of hydrogen-bond acceptors (Lipinski definition) is 2. The summed E-state index contributed by atoms with van der Waals surface area (Å²) < 4.78 is 2.16. The van der Waals surface area contributed by atoms with E-state index in [2.05, 4.69) is 23.9 Å². The maximum absolute atomic E-state index is 10.9. The van der Waals surface area contributed by atoms with Crippen LogP contribution in [0.2, 0.25) is 0 Å². The van der Waals surface area contributed by atoms with E-state index in [0.29, 0.717) is 6.04 Å². The van der Waals surface area contributed by atoms with Gasteiger partial charge in [-0.05, 0) is 44.1 Å². The summed E-state index contributed by atoms with van der Waals surface area (Å²) in [6.45, 7) is 2.31. The molecule has 0 amide bonds. The first-order valence-electron chi connectivity index (χ1n) is 8.91. The summed E-state index contributed by atoms with van der Waals surface area (Å²) in [6, 6.07) is 2.72. The zero-order chi connectivity index (χ0) is 14.7. The van der Waals surface area contributed by atoms with Crippen molar-refractivity contribution < 1.29 is 5.11 Å². The molecule has 1 aromatic rings. The lowest BCUT2D eigenvalue weighted by Crippen LogP contribution is -2.31. The number of nitrogens with zero attached hydrogens (tertiary/aromatic N) is 2. The Morgan fingerprint density at radius 3 is 2.76 bits per heavy atom. The Labute approximate surface area is 128 Å². The summed E-state index contributed by atoms with van der Waals surface area (Å²) in [7, 11) is 0. The highest BCUT2D eigenvalue weighted by Crippen LogP contribution is 2.33. The molecule has 3 nitrogen and oxygen atoms in total. The van der Waals surface area contributed by atoms with Gasteiger partial charge < -0.3 is 5.11 Å². The van der Waals surface area contributed by atoms with Crippen molar-refractivity contribution in [3.63, 3.8) is 0 Å². The molecule has 118 valence electrons. The molecule has 0 aromatic carbocycles. The molecular weight excluding hydrogens is 260 g/mol. The predicted molar refractivity (Wildman–Crippen MR) is 85.3 cm³/mol. The van der Waals surface area contributed by atoms with Crippen LogP contribution in [0.3, 0.4) is 0 Å². The zero-order valence-electron chi connectivity index (χ0n) is 13.4. The minimum atomic E-state index is -0.517. The van der Waals surface area contributed by atoms with Gasteiger partial charge in [0.1, 0.15) is 0 Å². The number of rotatable bonds is 3. The van der Waals surface area contributed by atoms with E-state index in [1.807, 2.05) is 0 Å². The summed E-state index contributed by atoms with van der Waals surface area (Å²) in [4.78, 5) is 0. The van der Waals surface area contributed by atoms with Crippen molar-refractivity contribution in [1.29, 1.82) is 0 Å². The van der Waals surface area contributed by atoms with Crippen molar-refractivity contribution in [3.05, 3.63) is 18.0 Å². The Morgan fingerprint density at radius 2 is 1.95 bits per heavy atom. The lowest BCUT2D eigenvalue weighted by atomic mass is 9.89. The fraction of sp³-hybridized carbons (Fsp3) is 0.833. The topological polar surface area (TPSA) is 38.0 Å². The lowest BCUT2D eigenvalue weighted by molar-refractivity contribution is 0.0233. The van der Waals surface area contributed by atoms with E-state index in [0.717, 1.165) is 43.7 Å². The molecule has 2 atom stereocenters. The largest absolute Gasteiger partial charge is 0.389 e. The summed E-state index contributed by atoms with van der Waals surface area (Å²) in [5, 5.41) is 15.7. The summed E-state index contributed by atoms with van der Waals surface area (Å²) in [5.74, 6) is 0.763. The maximum atomic E-state index is 10.9. The average molecular weight is 290 g/mol. The third kappa shape index (κ3) is 3.88. The van der Waals surface area contributed by atoms with Crippen molar-refractivity contribution in [2.75, 3.05) is 0 Å². The standard InChI is InChI=1S/C18H30N2O/c1-15-6-5-11-18(21,12-9-15)14-16-10-13-20(19-16)17-7-3-2-4-8-17/h10,13,15,17,21H,2-9,11-12,14H2,1H3. The number of hydrogen-bond donors (Lipinski definition) is 1. The second-order valence-electron chi connectivity index (χ2n) is 7.52. The quantitative estimate of drug-likeness (QED) is 0.845. The molecule has 1 aromatic heterocycles. The maximum Gasteiger partial charge on any atom is 0.0703 e. The van der Waals surface area contributed by atoms with Gasteiger partial charge in [0, 0.05) is 12.6 Å². The molecule has 0 aliphatic heterocycles.